The molecule has 8 heteroatoms. The molecule has 0 atom stereocenters. The number of oxazole rings is 1. The largest absolute Gasteiger partial charge is 0.512 e. The molecule has 3 aromatic heterocycles. The van der Waals surface area contributed by atoms with Crippen LogP contribution >= 0.6 is 0 Å². The van der Waals surface area contributed by atoms with Gasteiger partial charge in [0.25, 0.3) is 0 Å². The molecule has 262 valence electrons. The van der Waals surface area contributed by atoms with Crippen LogP contribution in [0.15, 0.2) is 168 Å². The van der Waals surface area contributed by atoms with Crippen molar-refractivity contribution in [1.29, 1.82) is 0 Å². The third kappa shape index (κ3) is 14.7. The molecule has 6 nitrogen and oxygen atoms in total. The average Bonchev–Trinajstić information content (AvgIpc) is 3.69. The Kier molecular flexibility index (Phi) is 19.2. The first kappa shape index (κ1) is 42.1. The Labute approximate surface area is 327 Å². The second-order valence-corrected chi connectivity index (χ2v) is 10.5. The van der Waals surface area contributed by atoms with Gasteiger partial charge in [-0.1, -0.05) is 54.1 Å². The van der Waals surface area contributed by atoms with E-state index in [1.807, 2.05) is 115 Å². The van der Waals surface area contributed by atoms with Crippen LogP contribution in [-0.2, 0) is 45.0 Å². The molecule has 0 unspecified atom stereocenters. The number of hydrogen-bond donors (Lipinski definition) is 1. The van der Waals surface area contributed by atoms with Crippen LogP contribution in [-0.4, -0.2) is 25.8 Å². The van der Waals surface area contributed by atoms with Gasteiger partial charge in [0, 0.05) is 64.2 Å². The number of nitrogens with zero attached hydrogens (tertiary/aromatic N) is 3. The molecule has 0 aliphatic carbocycles. The van der Waals surface area contributed by atoms with E-state index in [0.29, 0.717) is 5.89 Å². The van der Waals surface area contributed by atoms with Crippen molar-refractivity contribution in [3.63, 3.8) is 0 Å². The van der Waals surface area contributed by atoms with E-state index in [-0.39, 0.29) is 51.8 Å². The summed E-state index contributed by atoms with van der Waals surface area (Å²) in [5, 5.41) is 8.36. The molecule has 0 saturated carbocycles. The Bertz CT molecular complexity index is 1950. The van der Waals surface area contributed by atoms with Crippen molar-refractivity contribution in [1.82, 2.24) is 15.0 Å². The number of aliphatic hydroxyl groups is 1. The standard InChI is InChI=1S/C18H14N.C11H8N.C9H6NO.C5H8O2.2Ir/c1-14-12-18(16-10-6-3-7-11-16)19-13-17(14)15-8-4-2-5-9-15;1-2-6-10(7-3-1)11-8-4-5-9-12-11;1-2-4-8(5-3-1)9-10-6-7-11-9;1-4(6)3-5(2)7;;/h2-10,12-13H,1H3;1-6,8-9H;1-4,6-7H;3,6H,1-2H3;;/q3*-1;;;. The molecule has 7 rings (SSSR count). The monoisotopic (exact) mass is 1030 g/mol. The molecular weight excluding hydrogens is 991 g/mol. The van der Waals surface area contributed by atoms with Crippen LogP contribution in [0, 0.1) is 25.1 Å². The van der Waals surface area contributed by atoms with E-state index in [2.05, 4.69) is 58.3 Å². The zero-order valence-corrected chi connectivity index (χ0v) is 33.1. The van der Waals surface area contributed by atoms with Crippen LogP contribution in [0.5, 0.6) is 0 Å². The molecule has 0 aliphatic heterocycles. The molecule has 51 heavy (non-hydrogen) atoms. The van der Waals surface area contributed by atoms with Gasteiger partial charge in [-0.05, 0) is 49.4 Å². The first-order valence-electron chi connectivity index (χ1n) is 15.5. The third-order valence-electron chi connectivity index (χ3n) is 6.61. The van der Waals surface area contributed by atoms with E-state index < -0.39 is 0 Å². The Balaban J connectivity index is 0.000000247. The van der Waals surface area contributed by atoms with Crippen molar-refractivity contribution >= 4 is 5.78 Å². The van der Waals surface area contributed by atoms with E-state index in [4.69, 9.17) is 9.52 Å². The summed E-state index contributed by atoms with van der Waals surface area (Å²) in [5.74, 6) is 0.554. The number of allylic oxidation sites excluding steroid dienone is 2. The van der Waals surface area contributed by atoms with Crippen LogP contribution in [0.2, 0.25) is 0 Å². The summed E-state index contributed by atoms with van der Waals surface area (Å²) in [7, 11) is 0. The van der Waals surface area contributed by atoms with Crippen LogP contribution in [0.4, 0.5) is 0 Å². The molecule has 7 aromatic rings. The second-order valence-electron chi connectivity index (χ2n) is 10.5. The van der Waals surface area contributed by atoms with Gasteiger partial charge in [-0.25, -0.2) is 0 Å². The fraction of sp³-hybridized carbons (Fsp3) is 0.0698. The van der Waals surface area contributed by atoms with E-state index in [9.17, 15) is 4.79 Å². The van der Waals surface area contributed by atoms with E-state index in [1.54, 1.807) is 18.7 Å². The zero-order valence-electron chi connectivity index (χ0n) is 28.3. The quantitative estimate of drug-likeness (QED) is 0.105. The molecule has 0 amide bonds. The number of aliphatic hydroxyl groups excluding tert-OH is 1. The summed E-state index contributed by atoms with van der Waals surface area (Å²) in [5.41, 5.74) is 8.52. The number of rotatable bonds is 5. The van der Waals surface area contributed by atoms with Gasteiger partial charge in [0.05, 0.1) is 18.2 Å². The maximum absolute atomic E-state index is 10.0. The van der Waals surface area contributed by atoms with Crippen molar-refractivity contribution in [3.8, 4) is 45.1 Å². The van der Waals surface area contributed by atoms with Gasteiger partial charge in [0.15, 0.2) is 5.78 Å². The van der Waals surface area contributed by atoms with Crippen molar-refractivity contribution in [2.75, 3.05) is 0 Å². The van der Waals surface area contributed by atoms with Gasteiger partial charge < -0.3 is 19.5 Å². The predicted octanol–water partition coefficient (Wildman–Crippen LogP) is 10.2. The molecular formula is C43H36Ir2N3O3-3. The molecule has 2 radical (unpaired) electrons. The molecule has 0 fully saturated rings. The molecule has 3 heterocycles. The summed E-state index contributed by atoms with van der Waals surface area (Å²) in [4.78, 5) is 22.8. The molecule has 1 N–H and O–H groups in total. The third-order valence-corrected chi connectivity index (χ3v) is 6.61. The van der Waals surface area contributed by atoms with Crippen molar-refractivity contribution < 1.29 is 54.5 Å². The van der Waals surface area contributed by atoms with E-state index >= 15 is 0 Å². The minimum Gasteiger partial charge on any atom is -0.512 e. The van der Waals surface area contributed by atoms with E-state index in [0.717, 1.165) is 28.1 Å². The first-order valence-corrected chi connectivity index (χ1v) is 15.5. The molecule has 0 aliphatic rings. The van der Waals surface area contributed by atoms with Gasteiger partial charge in [-0.3, -0.25) is 9.78 Å². The normalized spacial score (nSPS) is 9.82. The first-order chi connectivity index (χ1) is 23.9. The maximum Gasteiger partial charge on any atom is 0.155 e. The average molecular weight is 1030 g/mol. The van der Waals surface area contributed by atoms with Gasteiger partial charge in [-0.15, -0.1) is 102 Å². The van der Waals surface area contributed by atoms with Crippen molar-refractivity contribution in [2.24, 2.45) is 0 Å². The number of benzene rings is 4. The van der Waals surface area contributed by atoms with Crippen LogP contribution < -0.4 is 0 Å². The van der Waals surface area contributed by atoms with Crippen molar-refractivity contribution in [2.45, 2.75) is 20.8 Å². The Morgan fingerprint density at radius 1 is 0.667 bits per heavy atom. The Morgan fingerprint density at radius 2 is 1.24 bits per heavy atom. The molecule has 0 bridgehead atoms. The number of carbonyl (C=O) groups is 1. The number of aromatic nitrogens is 3. The molecule has 0 spiro atoms. The number of hydrogen-bond acceptors (Lipinski definition) is 6. The minimum atomic E-state index is -0.125. The van der Waals surface area contributed by atoms with Gasteiger partial charge >= 0.3 is 0 Å². The number of carbonyl (C=O) groups excluding carboxylic acids is 1. The fourth-order valence-corrected chi connectivity index (χ4v) is 4.43. The summed E-state index contributed by atoms with van der Waals surface area (Å²) in [6, 6.07) is 51.0. The minimum absolute atomic E-state index is 0. The number of pyridine rings is 2. The predicted molar refractivity (Wildman–Crippen MR) is 195 cm³/mol. The number of aryl methyl sites for hydroxylation is 1. The van der Waals surface area contributed by atoms with Crippen LogP contribution in [0.3, 0.4) is 0 Å². The molecule has 4 aromatic carbocycles. The summed E-state index contributed by atoms with van der Waals surface area (Å²) >= 11 is 0. The van der Waals surface area contributed by atoms with Crippen LogP contribution in [0.1, 0.15) is 19.4 Å². The SMILES string of the molecule is CC(=O)C=C(C)O.Cc1cc(-c2[c-]cccc2)ncc1-c1ccccc1.[Ir].[Ir].[c-]1ccccc1-c1ccccn1.[c-]1ccccc1-c1ncco1. The summed E-state index contributed by atoms with van der Waals surface area (Å²) < 4.78 is 5.08. The smallest absolute Gasteiger partial charge is 0.155 e. The van der Waals surface area contributed by atoms with Crippen LogP contribution in [0.25, 0.3) is 45.1 Å². The fourth-order valence-electron chi connectivity index (χ4n) is 4.43. The van der Waals surface area contributed by atoms with Gasteiger partial charge in [0.2, 0.25) is 0 Å². The summed E-state index contributed by atoms with van der Waals surface area (Å²) in [6.45, 7) is 4.97. The topological polar surface area (TPSA) is 89.1 Å². The van der Waals surface area contributed by atoms with Gasteiger partial charge in [-0.2, -0.15) is 0 Å². The van der Waals surface area contributed by atoms with Crippen molar-refractivity contribution in [3.05, 3.63) is 188 Å². The summed E-state index contributed by atoms with van der Waals surface area (Å²) in [6.07, 6.45) is 8.07. The zero-order chi connectivity index (χ0) is 34.7. The van der Waals surface area contributed by atoms with Gasteiger partial charge in [0.1, 0.15) is 5.89 Å². The number of ketones is 1. The Morgan fingerprint density at radius 3 is 1.69 bits per heavy atom. The maximum atomic E-state index is 10.0. The molecule has 0 saturated heterocycles. The second kappa shape index (κ2) is 23.3. The Hall–Kier alpha value is -5.10. The van der Waals surface area contributed by atoms with E-state index in [1.165, 1.54) is 36.6 Å².